The molecule has 1 aliphatic heterocycles. The predicted molar refractivity (Wildman–Crippen MR) is 126 cm³/mol. The minimum Gasteiger partial charge on any atom is -0.454 e. The summed E-state index contributed by atoms with van der Waals surface area (Å²) in [6.07, 6.45) is 0.184. The number of ether oxygens (including phenoxy) is 2. The molecule has 33 heavy (non-hydrogen) atoms. The van der Waals surface area contributed by atoms with Gasteiger partial charge in [-0.05, 0) is 47.9 Å². The van der Waals surface area contributed by atoms with Gasteiger partial charge in [-0.15, -0.1) is 0 Å². The van der Waals surface area contributed by atoms with Gasteiger partial charge >= 0.3 is 0 Å². The molecule has 170 valence electrons. The maximum absolute atomic E-state index is 13.2. The molecule has 7 heteroatoms. The van der Waals surface area contributed by atoms with E-state index >= 15 is 0 Å². The van der Waals surface area contributed by atoms with Gasteiger partial charge in [0.05, 0.1) is 6.42 Å². The maximum Gasteiger partial charge on any atom is 0.242 e. The molecule has 1 N–H and O–H groups in total. The van der Waals surface area contributed by atoms with Gasteiger partial charge in [0.25, 0.3) is 0 Å². The molecule has 1 aliphatic rings. The number of nitrogens with one attached hydrogen (secondary N) is 1. The van der Waals surface area contributed by atoms with E-state index in [1.165, 1.54) is 0 Å². The number of nitrogens with zero attached hydrogens (tertiary/aromatic N) is 1. The van der Waals surface area contributed by atoms with Crippen LogP contribution < -0.4 is 14.8 Å². The summed E-state index contributed by atoms with van der Waals surface area (Å²) in [5.74, 6) is 0.999. The molecule has 0 saturated heterocycles. The fourth-order valence-corrected chi connectivity index (χ4v) is 3.75. The summed E-state index contributed by atoms with van der Waals surface area (Å²) in [6.45, 7) is 2.61. The minimum absolute atomic E-state index is 0.132. The van der Waals surface area contributed by atoms with Gasteiger partial charge in [0.15, 0.2) is 11.5 Å². The van der Waals surface area contributed by atoms with E-state index in [0.717, 1.165) is 16.7 Å². The molecule has 3 aromatic carbocycles. The monoisotopic (exact) mass is 464 g/mol. The van der Waals surface area contributed by atoms with Gasteiger partial charge in [0.1, 0.15) is 6.04 Å². The molecule has 0 unspecified atom stereocenters. The number of carbonyl (C=O) groups is 2. The number of carbonyl (C=O) groups excluding carboxylic acids is 2. The van der Waals surface area contributed by atoms with Crippen LogP contribution in [0.1, 0.15) is 23.6 Å². The van der Waals surface area contributed by atoms with Crippen molar-refractivity contribution in [2.75, 3.05) is 6.79 Å². The molecular formula is C26H25ClN2O4. The van der Waals surface area contributed by atoms with E-state index in [9.17, 15) is 9.59 Å². The van der Waals surface area contributed by atoms with Crippen LogP contribution >= 0.6 is 11.6 Å². The Kier molecular flexibility index (Phi) is 7.15. The molecule has 0 aromatic heterocycles. The number of benzene rings is 3. The predicted octanol–water partition coefficient (Wildman–Crippen LogP) is 4.34. The SMILES string of the molecule is C[C@H](C(=O)NCc1ccc2c(c1)OCO2)N(Cc1ccccc1)C(=O)Cc1ccc(Cl)cc1. The van der Waals surface area contributed by atoms with Crippen LogP contribution in [0.4, 0.5) is 0 Å². The first-order valence-electron chi connectivity index (χ1n) is 10.7. The van der Waals surface area contributed by atoms with E-state index in [1.807, 2.05) is 60.7 Å². The summed E-state index contributed by atoms with van der Waals surface area (Å²) >= 11 is 5.96. The fourth-order valence-electron chi connectivity index (χ4n) is 3.63. The Bertz CT molecular complexity index is 1120. The van der Waals surface area contributed by atoms with E-state index in [-0.39, 0.29) is 25.0 Å². The molecule has 0 fully saturated rings. The van der Waals surface area contributed by atoms with Crippen LogP contribution in [0, 0.1) is 0 Å². The molecule has 3 aromatic rings. The number of amides is 2. The Balaban J connectivity index is 1.45. The van der Waals surface area contributed by atoms with E-state index in [4.69, 9.17) is 21.1 Å². The third-order valence-electron chi connectivity index (χ3n) is 5.54. The first kappa shape index (κ1) is 22.7. The van der Waals surface area contributed by atoms with Gasteiger partial charge in [-0.3, -0.25) is 9.59 Å². The van der Waals surface area contributed by atoms with E-state index in [1.54, 1.807) is 24.0 Å². The van der Waals surface area contributed by atoms with Gasteiger partial charge in [0.2, 0.25) is 18.6 Å². The third-order valence-corrected chi connectivity index (χ3v) is 5.79. The summed E-state index contributed by atoms with van der Waals surface area (Å²) in [5, 5.41) is 3.55. The molecule has 0 radical (unpaired) electrons. The Morgan fingerprint density at radius 3 is 2.39 bits per heavy atom. The standard InChI is InChI=1S/C26H25ClN2O4/c1-18(26(31)28-15-21-9-12-23-24(13-21)33-17-32-23)29(16-20-5-3-2-4-6-20)25(30)14-19-7-10-22(27)11-8-19/h2-13,18H,14-17H2,1H3,(H,28,31)/t18-/m1/s1. The number of halogens is 1. The normalized spacial score (nSPS) is 12.8. The van der Waals surface area contributed by atoms with Crippen LogP contribution in [0.2, 0.25) is 5.02 Å². The number of hydrogen-bond acceptors (Lipinski definition) is 4. The lowest BCUT2D eigenvalue weighted by Crippen LogP contribution is -2.47. The largest absolute Gasteiger partial charge is 0.454 e. The van der Waals surface area contributed by atoms with Gasteiger partial charge in [-0.25, -0.2) is 0 Å². The van der Waals surface area contributed by atoms with Crippen molar-refractivity contribution in [1.82, 2.24) is 10.2 Å². The van der Waals surface area contributed by atoms with Gasteiger partial charge < -0.3 is 19.7 Å². The number of hydrogen-bond donors (Lipinski definition) is 1. The molecule has 1 heterocycles. The first-order valence-corrected chi connectivity index (χ1v) is 11.1. The second-order valence-electron chi connectivity index (χ2n) is 7.89. The van der Waals surface area contributed by atoms with E-state index in [2.05, 4.69) is 5.32 Å². The lowest BCUT2D eigenvalue weighted by atomic mass is 10.1. The first-order chi connectivity index (χ1) is 16.0. The van der Waals surface area contributed by atoms with Crippen molar-refractivity contribution < 1.29 is 19.1 Å². The highest BCUT2D eigenvalue weighted by Gasteiger charge is 2.26. The zero-order valence-corrected chi connectivity index (χ0v) is 19.0. The van der Waals surface area contributed by atoms with Crippen LogP contribution in [-0.2, 0) is 29.1 Å². The molecule has 1 atom stereocenters. The van der Waals surface area contributed by atoms with Crippen molar-refractivity contribution in [3.8, 4) is 11.5 Å². The zero-order valence-electron chi connectivity index (χ0n) is 18.3. The molecule has 2 amide bonds. The molecule has 0 saturated carbocycles. The Morgan fingerprint density at radius 1 is 0.939 bits per heavy atom. The summed E-state index contributed by atoms with van der Waals surface area (Å²) in [6, 6.07) is 21.7. The maximum atomic E-state index is 13.2. The minimum atomic E-state index is -0.654. The smallest absolute Gasteiger partial charge is 0.242 e. The average molecular weight is 465 g/mol. The van der Waals surface area contributed by atoms with Crippen molar-refractivity contribution in [3.05, 3.63) is 94.5 Å². The average Bonchev–Trinajstić information content (AvgIpc) is 3.30. The highest BCUT2D eigenvalue weighted by atomic mass is 35.5. The highest BCUT2D eigenvalue weighted by Crippen LogP contribution is 2.32. The second-order valence-corrected chi connectivity index (χ2v) is 8.33. The van der Waals surface area contributed by atoms with Crippen LogP contribution in [-0.4, -0.2) is 29.5 Å². The lowest BCUT2D eigenvalue weighted by Gasteiger charge is -2.29. The Hall–Kier alpha value is -3.51. The Morgan fingerprint density at radius 2 is 1.64 bits per heavy atom. The molecular weight excluding hydrogens is 440 g/mol. The lowest BCUT2D eigenvalue weighted by molar-refractivity contribution is -0.140. The molecule has 0 bridgehead atoms. The van der Waals surface area contributed by atoms with Crippen LogP contribution in [0.25, 0.3) is 0 Å². The molecule has 4 rings (SSSR count). The fraction of sp³-hybridized carbons (Fsp3) is 0.231. The highest BCUT2D eigenvalue weighted by molar-refractivity contribution is 6.30. The summed E-state index contributed by atoms with van der Waals surface area (Å²) < 4.78 is 10.7. The third kappa shape index (κ3) is 5.84. The molecule has 6 nitrogen and oxygen atoms in total. The van der Waals surface area contributed by atoms with Crippen LogP contribution in [0.5, 0.6) is 11.5 Å². The van der Waals surface area contributed by atoms with Gasteiger partial charge in [-0.1, -0.05) is 60.1 Å². The van der Waals surface area contributed by atoms with Gasteiger partial charge in [0, 0.05) is 18.1 Å². The zero-order chi connectivity index (χ0) is 23.2. The number of rotatable bonds is 8. The number of fused-ring (bicyclic) bond motifs is 1. The van der Waals surface area contributed by atoms with E-state index < -0.39 is 6.04 Å². The van der Waals surface area contributed by atoms with Crippen molar-refractivity contribution in [1.29, 1.82) is 0 Å². The summed E-state index contributed by atoms with van der Waals surface area (Å²) in [5.41, 5.74) is 2.69. The topological polar surface area (TPSA) is 67.9 Å². The van der Waals surface area contributed by atoms with Crippen LogP contribution in [0.3, 0.4) is 0 Å². The molecule has 0 aliphatic carbocycles. The van der Waals surface area contributed by atoms with Crippen molar-refractivity contribution in [2.45, 2.75) is 32.5 Å². The quantitative estimate of drug-likeness (QED) is 0.538. The summed E-state index contributed by atoms with van der Waals surface area (Å²) in [4.78, 5) is 27.8. The van der Waals surface area contributed by atoms with Gasteiger partial charge in [-0.2, -0.15) is 0 Å². The van der Waals surface area contributed by atoms with E-state index in [0.29, 0.717) is 29.6 Å². The second kappa shape index (κ2) is 10.4. The molecule has 0 spiro atoms. The Labute approximate surface area is 198 Å². The van der Waals surface area contributed by atoms with Crippen molar-refractivity contribution in [3.63, 3.8) is 0 Å². The summed E-state index contributed by atoms with van der Waals surface area (Å²) in [7, 11) is 0. The van der Waals surface area contributed by atoms with Crippen molar-refractivity contribution >= 4 is 23.4 Å². The van der Waals surface area contributed by atoms with Crippen molar-refractivity contribution in [2.24, 2.45) is 0 Å². The van der Waals surface area contributed by atoms with Crippen LogP contribution in [0.15, 0.2) is 72.8 Å².